The van der Waals surface area contributed by atoms with Gasteiger partial charge in [0.1, 0.15) is 5.69 Å². The molecule has 0 fully saturated rings. The van der Waals surface area contributed by atoms with Crippen LogP contribution in [0, 0.1) is 5.92 Å². The van der Waals surface area contributed by atoms with Gasteiger partial charge in [0.2, 0.25) is 12.4 Å². The first-order chi connectivity index (χ1) is 8.04. The van der Waals surface area contributed by atoms with Crippen molar-refractivity contribution in [1.82, 2.24) is 9.97 Å². The number of carbonyl (C=O) groups excluding carboxylic acids is 1. The van der Waals surface area contributed by atoms with Gasteiger partial charge in [-0.05, 0) is 12.3 Å². The molecule has 0 aliphatic rings. The number of rotatable bonds is 6. The van der Waals surface area contributed by atoms with Crippen molar-refractivity contribution in [2.24, 2.45) is 5.92 Å². The van der Waals surface area contributed by atoms with Crippen molar-refractivity contribution in [2.75, 3.05) is 22.9 Å². The molecule has 0 spiro atoms. The molecular formula is C10H17N5O2. The molecule has 17 heavy (non-hydrogen) atoms. The van der Waals surface area contributed by atoms with Crippen LogP contribution in [-0.2, 0) is 4.79 Å². The van der Waals surface area contributed by atoms with Gasteiger partial charge in [-0.2, -0.15) is 4.98 Å². The molecule has 0 unspecified atom stereocenters. The lowest BCUT2D eigenvalue weighted by Crippen LogP contribution is -2.20. The fraction of sp³-hybridized carbons (Fsp3) is 0.500. The largest absolute Gasteiger partial charge is 0.369 e. The summed E-state index contributed by atoms with van der Waals surface area (Å²) in [7, 11) is 0. The van der Waals surface area contributed by atoms with Gasteiger partial charge >= 0.3 is 0 Å². The zero-order chi connectivity index (χ0) is 12.8. The Balaban J connectivity index is 2.87. The number of amides is 1. The first-order valence-electron chi connectivity index (χ1n) is 5.38. The van der Waals surface area contributed by atoms with E-state index >= 15 is 0 Å². The molecule has 1 heterocycles. The molecule has 1 aromatic rings. The Labute approximate surface area is 98.8 Å². The second-order valence-corrected chi connectivity index (χ2v) is 4.05. The summed E-state index contributed by atoms with van der Waals surface area (Å²) in [6.07, 6.45) is 1.35. The van der Waals surface area contributed by atoms with E-state index in [9.17, 15) is 9.59 Å². The number of hydrogen-bond acceptors (Lipinski definition) is 5. The molecule has 0 atom stereocenters. The first-order valence-corrected chi connectivity index (χ1v) is 5.38. The van der Waals surface area contributed by atoms with Crippen LogP contribution in [0.3, 0.4) is 0 Å². The number of aromatic nitrogens is 2. The fourth-order valence-electron chi connectivity index (χ4n) is 1.29. The van der Waals surface area contributed by atoms with Crippen LogP contribution in [0.25, 0.3) is 0 Å². The monoisotopic (exact) mass is 239 g/mol. The molecule has 1 rings (SSSR count). The zero-order valence-corrected chi connectivity index (χ0v) is 9.91. The number of nitrogens with one attached hydrogen (secondary N) is 3. The van der Waals surface area contributed by atoms with Crippen molar-refractivity contribution >= 4 is 23.9 Å². The predicted octanol–water partition coefficient (Wildman–Crippen LogP) is 0.378. The Morgan fingerprint density at radius 3 is 2.82 bits per heavy atom. The highest BCUT2D eigenvalue weighted by Gasteiger charge is 2.09. The fourth-order valence-corrected chi connectivity index (χ4v) is 1.29. The highest BCUT2D eigenvalue weighted by atomic mass is 16.1. The molecule has 0 aliphatic carbocycles. The van der Waals surface area contributed by atoms with Crippen LogP contribution in [0.15, 0.2) is 4.79 Å². The molecule has 7 nitrogen and oxygen atoms in total. The van der Waals surface area contributed by atoms with E-state index in [2.05, 4.69) is 34.4 Å². The van der Waals surface area contributed by atoms with Crippen molar-refractivity contribution in [3.63, 3.8) is 0 Å². The first kappa shape index (κ1) is 13.0. The van der Waals surface area contributed by atoms with Gasteiger partial charge in [-0.25, -0.2) is 0 Å². The Kier molecular flexibility index (Phi) is 4.50. The van der Waals surface area contributed by atoms with E-state index in [-0.39, 0.29) is 11.6 Å². The topological polar surface area (TPSA) is 113 Å². The van der Waals surface area contributed by atoms with Crippen LogP contribution in [0.5, 0.6) is 0 Å². The molecule has 94 valence electrons. The van der Waals surface area contributed by atoms with Crippen molar-refractivity contribution < 1.29 is 4.79 Å². The van der Waals surface area contributed by atoms with E-state index < -0.39 is 5.56 Å². The highest BCUT2D eigenvalue weighted by molar-refractivity contribution is 5.78. The van der Waals surface area contributed by atoms with Gasteiger partial charge in [0, 0.05) is 6.54 Å². The van der Waals surface area contributed by atoms with E-state index in [0.29, 0.717) is 24.7 Å². The van der Waals surface area contributed by atoms with E-state index in [0.717, 1.165) is 6.42 Å². The number of aromatic amines is 1. The summed E-state index contributed by atoms with van der Waals surface area (Å²) in [5, 5.41) is 5.28. The smallest absolute Gasteiger partial charge is 0.278 e. The lowest BCUT2D eigenvalue weighted by molar-refractivity contribution is -0.105. The van der Waals surface area contributed by atoms with Crippen LogP contribution < -0.4 is 21.9 Å². The van der Waals surface area contributed by atoms with Crippen LogP contribution in [0.1, 0.15) is 20.3 Å². The van der Waals surface area contributed by atoms with Gasteiger partial charge in [-0.1, -0.05) is 13.8 Å². The van der Waals surface area contributed by atoms with E-state index in [1.54, 1.807) is 0 Å². The minimum absolute atomic E-state index is 0.0125. The lowest BCUT2D eigenvalue weighted by Gasteiger charge is -2.11. The summed E-state index contributed by atoms with van der Waals surface area (Å²) in [4.78, 5) is 28.2. The Morgan fingerprint density at radius 2 is 2.24 bits per heavy atom. The van der Waals surface area contributed by atoms with Gasteiger partial charge in [-0.3, -0.25) is 14.6 Å². The average molecular weight is 239 g/mol. The maximum atomic E-state index is 11.5. The van der Waals surface area contributed by atoms with Gasteiger partial charge in [0.25, 0.3) is 5.56 Å². The van der Waals surface area contributed by atoms with Crippen LogP contribution >= 0.6 is 0 Å². The summed E-state index contributed by atoms with van der Waals surface area (Å²) in [6.45, 7) is 4.83. The third-order valence-electron chi connectivity index (χ3n) is 2.16. The van der Waals surface area contributed by atoms with E-state index in [1.807, 2.05) is 0 Å². The van der Waals surface area contributed by atoms with Gasteiger partial charge in [-0.15, -0.1) is 0 Å². The van der Waals surface area contributed by atoms with E-state index in [1.165, 1.54) is 0 Å². The van der Waals surface area contributed by atoms with Crippen LogP contribution in [0.2, 0.25) is 0 Å². The number of carbonyl (C=O) groups is 1. The second kappa shape index (κ2) is 5.88. The molecule has 1 aromatic heterocycles. The zero-order valence-electron chi connectivity index (χ0n) is 9.91. The van der Waals surface area contributed by atoms with Crippen LogP contribution in [0.4, 0.5) is 17.5 Å². The summed E-state index contributed by atoms with van der Waals surface area (Å²) < 4.78 is 0. The van der Waals surface area contributed by atoms with E-state index in [4.69, 9.17) is 5.73 Å². The number of hydrogen-bond donors (Lipinski definition) is 4. The molecule has 0 saturated carbocycles. The van der Waals surface area contributed by atoms with Gasteiger partial charge in [0.05, 0.1) is 0 Å². The number of nitrogens with two attached hydrogens (primary N) is 1. The Hall–Kier alpha value is -2.05. The third-order valence-corrected chi connectivity index (χ3v) is 2.16. The molecular weight excluding hydrogens is 222 g/mol. The van der Waals surface area contributed by atoms with Gasteiger partial charge in [0.15, 0.2) is 5.82 Å². The lowest BCUT2D eigenvalue weighted by atomic mass is 10.1. The molecule has 0 radical (unpaired) electrons. The van der Waals surface area contributed by atoms with Crippen molar-refractivity contribution in [1.29, 1.82) is 0 Å². The SMILES string of the molecule is CC(C)CCNc1nc(N)[nH]c(=O)c1NC=O. The third kappa shape index (κ3) is 3.78. The van der Waals surface area contributed by atoms with Gasteiger partial charge < -0.3 is 16.4 Å². The highest BCUT2D eigenvalue weighted by Crippen LogP contribution is 2.14. The maximum absolute atomic E-state index is 11.5. The number of nitrogen functional groups attached to an aromatic ring is 1. The molecule has 5 N–H and O–H groups in total. The van der Waals surface area contributed by atoms with Crippen molar-refractivity contribution in [3.05, 3.63) is 10.4 Å². The van der Waals surface area contributed by atoms with Crippen LogP contribution in [-0.4, -0.2) is 22.9 Å². The van der Waals surface area contributed by atoms with Crippen molar-refractivity contribution in [3.8, 4) is 0 Å². The molecule has 7 heteroatoms. The summed E-state index contributed by atoms with van der Waals surface area (Å²) in [5.74, 6) is 0.835. The minimum atomic E-state index is -0.475. The summed E-state index contributed by atoms with van der Waals surface area (Å²) in [5.41, 5.74) is 5.04. The minimum Gasteiger partial charge on any atom is -0.369 e. The molecule has 0 aliphatic heterocycles. The normalized spacial score (nSPS) is 10.3. The number of H-pyrrole nitrogens is 1. The number of nitrogens with zero attached hydrogens (tertiary/aromatic N) is 1. The standard InChI is InChI=1S/C10H17N5O2/c1-6(2)3-4-12-8-7(13-5-16)9(17)15-10(11)14-8/h5-6H,3-4H2,1-2H3,(H,13,16)(H4,11,12,14,15,17). The molecule has 1 amide bonds. The number of anilines is 3. The molecule has 0 bridgehead atoms. The molecule has 0 aromatic carbocycles. The predicted molar refractivity (Wildman–Crippen MR) is 66.9 cm³/mol. The average Bonchev–Trinajstić information content (AvgIpc) is 2.22. The second-order valence-electron chi connectivity index (χ2n) is 4.05. The summed E-state index contributed by atoms with van der Waals surface area (Å²) >= 11 is 0. The molecule has 0 saturated heterocycles. The van der Waals surface area contributed by atoms with Crippen molar-refractivity contribution in [2.45, 2.75) is 20.3 Å². The Bertz CT molecular complexity index is 441. The summed E-state index contributed by atoms with van der Waals surface area (Å²) in [6, 6.07) is 0. The quantitative estimate of drug-likeness (QED) is 0.536. The maximum Gasteiger partial charge on any atom is 0.278 e. The Morgan fingerprint density at radius 1 is 1.53 bits per heavy atom.